The number of anilines is 1. The first-order valence-electron chi connectivity index (χ1n) is 7.64. The van der Waals surface area contributed by atoms with Gasteiger partial charge in [-0.3, -0.25) is 9.59 Å². The number of nitrogens with one attached hydrogen (secondary N) is 1. The monoisotopic (exact) mass is 357 g/mol. The van der Waals surface area contributed by atoms with Crippen LogP contribution in [0.2, 0.25) is 5.02 Å². The van der Waals surface area contributed by atoms with E-state index in [1.54, 1.807) is 17.0 Å². The summed E-state index contributed by atoms with van der Waals surface area (Å²) in [4.78, 5) is 26.0. The number of nitrogens with zero attached hydrogens (tertiary/aromatic N) is 1. The molecule has 3 rings (SSSR count). The molecule has 2 fully saturated rings. The SMILES string of the molecule is Cl.NC(CNC(=O)C1CC(=O)N(c2ccccc2Cl)C1)C1CC1. The van der Waals surface area contributed by atoms with Gasteiger partial charge in [0.25, 0.3) is 0 Å². The molecule has 0 aromatic heterocycles. The molecule has 3 N–H and O–H groups in total. The summed E-state index contributed by atoms with van der Waals surface area (Å²) in [7, 11) is 0. The maximum Gasteiger partial charge on any atom is 0.227 e. The number of halogens is 2. The maximum atomic E-state index is 12.2. The summed E-state index contributed by atoms with van der Waals surface area (Å²) in [5.74, 6) is 0.0408. The van der Waals surface area contributed by atoms with E-state index >= 15 is 0 Å². The number of carbonyl (C=O) groups is 2. The first kappa shape index (κ1) is 18.0. The van der Waals surface area contributed by atoms with Crippen molar-refractivity contribution in [3.63, 3.8) is 0 Å². The van der Waals surface area contributed by atoms with Crippen LogP contribution in [0.4, 0.5) is 5.69 Å². The number of carbonyl (C=O) groups excluding carboxylic acids is 2. The highest BCUT2D eigenvalue weighted by atomic mass is 35.5. The van der Waals surface area contributed by atoms with E-state index < -0.39 is 0 Å². The van der Waals surface area contributed by atoms with E-state index in [1.165, 1.54) is 0 Å². The average molecular weight is 358 g/mol. The quantitative estimate of drug-likeness (QED) is 0.845. The Bertz CT molecular complexity index is 592. The third kappa shape index (κ3) is 4.16. The van der Waals surface area contributed by atoms with E-state index in [1.807, 2.05) is 12.1 Å². The smallest absolute Gasteiger partial charge is 0.227 e. The van der Waals surface area contributed by atoms with Gasteiger partial charge in [-0.2, -0.15) is 0 Å². The van der Waals surface area contributed by atoms with Crippen molar-refractivity contribution >= 4 is 41.5 Å². The third-order valence-corrected chi connectivity index (χ3v) is 4.70. The standard InChI is InChI=1S/C16H20ClN3O2.ClH/c17-12-3-1-2-4-14(12)20-9-11(7-15(20)21)16(22)19-8-13(18)10-5-6-10;/h1-4,10-11,13H,5-9,18H2,(H,19,22);1H. The van der Waals surface area contributed by atoms with Crippen LogP contribution in [0, 0.1) is 11.8 Å². The van der Waals surface area contributed by atoms with Gasteiger partial charge in [0, 0.05) is 25.6 Å². The minimum atomic E-state index is -0.338. The lowest BCUT2D eigenvalue weighted by molar-refractivity contribution is -0.126. The number of para-hydroxylation sites is 1. The van der Waals surface area contributed by atoms with Gasteiger partial charge in [-0.25, -0.2) is 0 Å². The zero-order valence-electron chi connectivity index (χ0n) is 12.7. The summed E-state index contributed by atoms with van der Waals surface area (Å²) < 4.78 is 0. The second kappa shape index (κ2) is 7.51. The van der Waals surface area contributed by atoms with E-state index in [0.29, 0.717) is 29.7 Å². The Labute approximate surface area is 146 Å². The van der Waals surface area contributed by atoms with Crippen molar-refractivity contribution in [1.29, 1.82) is 0 Å². The first-order chi connectivity index (χ1) is 10.6. The average Bonchev–Trinajstić information content (AvgIpc) is 3.28. The normalized spacial score (nSPS) is 21.7. The van der Waals surface area contributed by atoms with E-state index in [0.717, 1.165) is 12.8 Å². The molecule has 7 heteroatoms. The molecule has 2 atom stereocenters. The number of amides is 2. The maximum absolute atomic E-state index is 12.2. The molecule has 0 bridgehead atoms. The van der Waals surface area contributed by atoms with Crippen LogP contribution in [0.15, 0.2) is 24.3 Å². The van der Waals surface area contributed by atoms with Gasteiger partial charge in [0.2, 0.25) is 11.8 Å². The highest BCUT2D eigenvalue weighted by Gasteiger charge is 2.36. The molecule has 23 heavy (non-hydrogen) atoms. The van der Waals surface area contributed by atoms with E-state index in [9.17, 15) is 9.59 Å². The highest BCUT2D eigenvalue weighted by molar-refractivity contribution is 6.33. The van der Waals surface area contributed by atoms with Crippen LogP contribution < -0.4 is 16.0 Å². The Morgan fingerprint density at radius 3 is 2.74 bits per heavy atom. The van der Waals surface area contributed by atoms with Gasteiger partial charge in [0.15, 0.2) is 0 Å². The van der Waals surface area contributed by atoms with Crippen molar-refractivity contribution in [3.8, 4) is 0 Å². The number of nitrogens with two attached hydrogens (primary N) is 1. The Morgan fingerprint density at radius 1 is 1.39 bits per heavy atom. The third-order valence-electron chi connectivity index (χ3n) is 4.38. The minimum Gasteiger partial charge on any atom is -0.354 e. The van der Waals surface area contributed by atoms with Gasteiger partial charge in [-0.05, 0) is 30.9 Å². The molecule has 2 aliphatic rings. The summed E-state index contributed by atoms with van der Waals surface area (Å²) in [6.07, 6.45) is 2.52. The number of benzene rings is 1. The molecule has 0 spiro atoms. The Hall–Kier alpha value is -1.30. The van der Waals surface area contributed by atoms with Crippen LogP contribution in [-0.2, 0) is 9.59 Å². The lowest BCUT2D eigenvalue weighted by Crippen LogP contribution is -2.41. The van der Waals surface area contributed by atoms with Crippen molar-refractivity contribution < 1.29 is 9.59 Å². The van der Waals surface area contributed by atoms with Crippen LogP contribution in [0.3, 0.4) is 0 Å². The van der Waals surface area contributed by atoms with Crippen molar-refractivity contribution in [3.05, 3.63) is 29.3 Å². The number of hydrogen-bond donors (Lipinski definition) is 2. The van der Waals surface area contributed by atoms with E-state index in [2.05, 4.69) is 5.32 Å². The van der Waals surface area contributed by atoms with Crippen molar-refractivity contribution in [2.45, 2.75) is 25.3 Å². The second-order valence-electron chi connectivity index (χ2n) is 6.10. The molecule has 1 aliphatic heterocycles. The van der Waals surface area contributed by atoms with Crippen LogP contribution in [0.1, 0.15) is 19.3 Å². The van der Waals surface area contributed by atoms with Crippen LogP contribution in [0.5, 0.6) is 0 Å². The first-order valence-corrected chi connectivity index (χ1v) is 8.02. The predicted molar refractivity (Wildman–Crippen MR) is 92.9 cm³/mol. The van der Waals surface area contributed by atoms with Gasteiger partial charge < -0.3 is 16.0 Å². The molecule has 2 amide bonds. The molecule has 1 aromatic carbocycles. The second-order valence-corrected chi connectivity index (χ2v) is 6.51. The van der Waals surface area contributed by atoms with Gasteiger partial charge in [-0.15, -0.1) is 12.4 Å². The lowest BCUT2D eigenvalue weighted by atomic mass is 10.1. The Kier molecular flexibility index (Phi) is 5.89. The minimum absolute atomic E-state index is 0. The number of hydrogen-bond acceptors (Lipinski definition) is 3. The molecule has 5 nitrogen and oxygen atoms in total. The van der Waals surface area contributed by atoms with Crippen LogP contribution in [0.25, 0.3) is 0 Å². The molecule has 1 saturated heterocycles. The topological polar surface area (TPSA) is 75.4 Å². The Balaban J connectivity index is 0.00000192. The van der Waals surface area contributed by atoms with Crippen LogP contribution >= 0.6 is 24.0 Å². The van der Waals surface area contributed by atoms with Crippen LogP contribution in [-0.4, -0.2) is 30.9 Å². The predicted octanol–water partition coefficient (Wildman–Crippen LogP) is 1.97. The summed E-state index contributed by atoms with van der Waals surface area (Å²) in [6.45, 7) is 0.855. The molecule has 1 heterocycles. The van der Waals surface area contributed by atoms with Crippen molar-refractivity contribution in [2.75, 3.05) is 18.0 Å². The summed E-state index contributed by atoms with van der Waals surface area (Å²) >= 11 is 6.13. The fraction of sp³-hybridized carbons (Fsp3) is 0.500. The van der Waals surface area contributed by atoms with E-state index in [-0.39, 0.29) is 42.6 Å². The molecule has 1 saturated carbocycles. The highest BCUT2D eigenvalue weighted by Crippen LogP contribution is 2.32. The van der Waals surface area contributed by atoms with Gasteiger partial charge >= 0.3 is 0 Å². The fourth-order valence-electron chi connectivity index (χ4n) is 2.84. The molecule has 2 unspecified atom stereocenters. The Morgan fingerprint density at radius 2 is 2.09 bits per heavy atom. The molecule has 126 valence electrons. The molecule has 0 radical (unpaired) electrons. The van der Waals surface area contributed by atoms with Gasteiger partial charge in [-0.1, -0.05) is 23.7 Å². The molecular weight excluding hydrogens is 337 g/mol. The zero-order chi connectivity index (χ0) is 15.7. The van der Waals surface area contributed by atoms with Crippen molar-refractivity contribution in [1.82, 2.24) is 5.32 Å². The summed E-state index contributed by atoms with van der Waals surface area (Å²) in [5.41, 5.74) is 6.65. The molecule has 1 aromatic rings. The van der Waals surface area contributed by atoms with Crippen molar-refractivity contribution in [2.24, 2.45) is 17.6 Å². The molecule has 1 aliphatic carbocycles. The fourth-order valence-corrected chi connectivity index (χ4v) is 3.08. The van der Waals surface area contributed by atoms with Gasteiger partial charge in [0.1, 0.15) is 0 Å². The summed E-state index contributed by atoms with van der Waals surface area (Å²) in [6, 6.07) is 7.21. The molecular formula is C16H21Cl2N3O2. The van der Waals surface area contributed by atoms with Gasteiger partial charge in [0.05, 0.1) is 16.6 Å². The largest absolute Gasteiger partial charge is 0.354 e. The summed E-state index contributed by atoms with van der Waals surface area (Å²) in [5, 5.41) is 3.40. The zero-order valence-corrected chi connectivity index (χ0v) is 14.3. The lowest BCUT2D eigenvalue weighted by Gasteiger charge is -2.18. The number of rotatable bonds is 5. The van der Waals surface area contributed by atoms with E-state index in [4.69, 9.17) is 17.3 Å².